The molecule has 126 valence electrons. The average molecular weight is 363 g/mol. The smallest absolute Gasteiger partial charge is 0.341 e. The lowest BCUT2D eigenvalue weighted by molar-refractivity contribution is 0.0699. The fourth-order valence-corrected chi connectivity index (χ4v) is 3.23. The minimum Gasteiger partial charge on any atom is -0.477 e. The van der Waals surface area contributed by atoms with E-state index in [2.05, 4.69) is 21.9 Å². The van der Waals surface area contributed by atoms with Crippen molar-refractivity contribution in [3.63, 3.8) is 0 Å². The summed E-state index contributed by atoms with van der Waals surface area (Å²) in [7, 11) is 0. The summed E-state index contributed by atoms with van der Waals surface area (Å²) in [5.41, 5.74) is 1.58. The molecule has 0 radical (unpaired) electrons. The maximum atomic E-state index is 13.2. The molecular weight excluding hydrogens is 353 g/mol. The van der Waals surface area contributed by atoms with Crippen LogP contribution in [0.25, 0.3) is 16.2 Å². The molecule has 0 aliphatic heterocycles. The molecule has 0 amide bonds. The van der Waals surface area contributed by atoms with E-state index in [4.69, 9.17) is 0 Å². The summed E-state index contributed by atoms with van der Waals surface area (Å²) in [4.78, 5) is 17.3. The number of carboxylic acid groups (broad SMARTS) is 1. The number of hydrogen-bond acceptors (Lipinski definition) is 4. The molecule has 0 atom stereocenters. The van der Waals surface area contributed by atoms with E-state index in [0.29, 0.717) is 11.3 Å². The van der Waals surface area contributed by atoms with Crippen LogP contribution in [0.4, 0.5) is 4.39 Å². The first-order valence-electron chi connectivity index (χ1n) is 7.55. The molecule has 0 saturated carbocycles. The highest BCUT2D eigenvalue weighted by Crippen LogP contribution is 2.27. The molecule has 0 fully saturated rings. The molecule has 4 aromatic rings. The number of nitrogens with zero attached hydrogens (tertiary/aromatic N) is 3. The predicted molar refractivity (Wildman–Crippen MR) is 95.6 cm³/mol. The third kappa shape index (κ3) is 3.06. The number of carbonyl (C=O) groups is 1. The van der Waals surface area contributed by atoms with Crippen LogP contribution in [-0.2, 0) is 0 Å². The minimum absolute atomic E-state index is 0.0505. The lowest BCUT2D eigenvalue weighted by atomic mass is 10.2. The van der Waals surface area contributed by atoms with E-state index >= 15 is 0 Å². The summed E-state index contributed by atoms with van der Waals surface area (Å²) in [6.07, 6.45) is 2.95. The van der Waals surface area contributed by atoms with Crippen LogP contribution in [-0.4, -0.2) is 25.7 Å². The maximum absolute atomic E-state index is 13.2. The second kappa shape index (κ2) is 6.43. The van der Waals surface area contributed by atoms with E-state index in [-0.39, 0.29) is 17.0 Å². The van der Waals surface area contributed by atoms with Crippen LogP contribution in [0.5, 0.6) is 0 Å². The van der Waals surface area contributed by atoms with Gasteiger partial charge in [-0.2, -0.15) is 5.10 Å². The van der Waals surface area contributed by atoms with Gasteiger partial charge in [0.1, 0.15) is 11.4 Å². The van der Waals surface area contributed by atoms with Crippen LogP contribution in [0.2, 0.25) is 0 Å². The molecule has 0 aliphatic carbocycles. The van der Waals surface area contributed by atoms with E-state index in [1.807, 2.05) is 12.1 Å². The van der Waals surface area contributed by atoms with Crippen molar-refractivity contribution in [2.45, 2.75) is 0 Å². The number of rotatable bonds is 2. The molecule has 1 aromatic carbocycles. The minimum atomic E-state index is -1.07. The quantitative estimate of drug-likeness (QED) is 0.552. The van der Waals surface area contributed by atoms with E-state index in [1.165, 1.54) is 34.2 Å². The Kier molecular flexibility index (Phi) is 3.95. The van der Waals surface area contributed by atoms with Crippen LogP contribution < -0.4 is 0 Å². The summed E-state index contributed by atoms with van der Waals surface area (Å²) < 4.78 is 14.6. The number of thiophene rings is 1. The van der Waals surface area contributed by atoms with Gasteiger partial charge in [0, 0.05) is 11.8 Å². The Bertz CT molecular complexity index is 1200. The average Bonchev–Trinajstić information content (AvgIpc) is 3.26. The van der Waals surface area contributed by atoms with Crippen molar-refractivity contribution in [3.8, 4) is 22.4 Å². The van der Waals surface area contributed by atoms with Crippen molar-refractivity contribution in [3.05, 3.63) is 76.7 Å². The molecule has 1 N–H and O–H groups in total. The Morgan fingerprint density at radius 2 is 2.08 bits per heavy atom. The number of fused-ring (bicyclic) bond motifs is 1. The third-order valence-corrected chi connectivity index (χ3v) is 4.64. The largest absolute Gasteiger partial charge is 0.477 e. The highest BCUT2D eigenvalue weighted by molar-refractivity contribution is 7.16. The van der Waals surface area contributed by atoms with Gasteiger partial charge in [0.05, 0.1) is 21.6 Å². The van der Waals surface area contributed by atoms with Gasteiger partial charge in [-0.3, -0.25) is 0 Å². The highest BCUT2D eigenvalue weighted by Gasteiger charge is 2.14. The molecule has 5 nitrogen and oxygen atoms in total. The van der Waals surface area contributed by atoms with Crippen molar-refractivity contribution in [1.82, 2.24) is 14.6 Å². The second-order valence-electron chi connectivity index (χ2n) is 5.37. The molecule has 0 saturated heterocycles. The molecule has 4 rings (SSSR count). The van der Waals surface area contributed by atoms with Crippen LogP contribution in [0.1, 0.15) is 20.8 Å². The van der Waals surface area contributed by atoms with Crippen LogP contribution in [0.3, 0.4) is 0 Å². The standard InChI is InChI=1S/C19H10FN3O2S/c20-13-3-1-2-12(10-13)4-5-14-6-7-17(26-14)16-8-9-23-18(22-16)15(11-21-23)19(24)25/h1-3,6-11H,(H,24,25). The number of aromatic carboxylic acids is 1. The summed E-state index contributed by atoms with van der Waals surface area (Å²) in [6.45, 7) is 0. The topological polar surface area (TPSA) is 67.5 Å². The van der Waals surface area contributed by atoms with Crippen molar-refractivity contribution < 1.29 is 14.3 Å². The molecule has 0 unspecified atom stereocenters. The first-order valence-corrected chi connectivity index (χ1v) is 8.37. The number of benzene rings is 1. The molecule has 26 heavy (non-hydrogen) atoms. The third-order valence-electron chi connectivity index (χ3n) is 3.61. The fraction of sp³-hybridized carbons (Fsp3) is 0. The zero-order chi connectivity index (χ0) is 18.1. The van der Waals surface area contributed by atoms with Crippen molar-refractivity contribution in [1.29, 1.82) is 0 Å². The Morgan fingerprint density at radius 1 is 1.19 bits per heavy atom. The van der Waals surface area contributed by atoms with Crippen molar-refractivity contribution in [2.75, 3.05) is 0 Å². The Labute approximate surface area is 151 Å². The highest BCUT2D eigenvalue weighted by atomic mass is 32.1. The molecule has 0 spiro atoms. The summed E-state index contributed by atoms with van der Waals surface area (Å²) in [6, 6.07) is 11.6. The van der Waals surface area contributed by atoms with Crippen molar-refractivity contribution in [2.24, 2.45) is 0 Å². The maximum Gasteiger partial charge on any atom is 0.341 e. The Hall–Kier alpha value is -3.50. The molecular formula is C19H10FN3O2S. The first kappa shape index (κ1) is 16.0. The van der Waals surface area contributed by atoms with Crippen LogP contribution in [0, 0.1) is 17.7 Å². The van der Waals surface area contributed by atoms with E-state index in [0.717, 1.165) is 9.75 Å². The molecule has 7 heteroatoms. The van der Waals surface area contributed by atoms with Gasteiger partial charge >= 0.3 is 5.97 Å². The van der Waals surface area contributed by atoms with E-state index < -0.39 is 5.97 Å². The van der Waals surface area contributed by atoms with Crippen LogP contribution >= 0.6 is 11.3 Å². The fourth-order valence-electron chi connectivity index (χ4n) is 2.40. The Morgan fingerprint density at radius 3 is 2.88 bits per heavy atom. The predicted octanol–water partition coefficient (Wildman–Crippen LogP) is 3.69. The lowest BCUT2D eigenvalue weighted by Gasteiger charge is -1.98. The first-order chi connectivity index (χ1) is 12.6. The number of halogens is 1. The van der Waals surface area contributed by atoms with Gasteiger partial charge in [0.2, 0.25) is 0 Å². The summed E-state index contributed by atoms with van der Waals surface area (Å²) in [5.74, 6) is 4.53. The van der Waals surface area contributed by atoms with Gasteiger partial charge in [-0.1, -0.05) is 17.9 Å². The van der Waals surface area contributed by atoms with Crippen molar-refractivity contribution >= 4 is 23.0 Å². The monoisotopic (exact) mass is 363 g/mol. The number of carboxylic acids is 1. The SMILES string of the molecule is O=C(O)c1cnn2ccc(-c3ccc(C#Cc4cccc(F)c4)s3)nc12. The van der Waals surface area contributed by atoms with Gasteiger partial charge in [-0.05, 0) is 36.4 Å². The molecule has 3 aromatic heterocycles. The number of hydrogen-bond donors (Lipinski definition) is 1. The second-order valence-corrected chi connectivity index (χ2v) is 6.45. The van der Waals surface area contributed by atoms with Gasteiger partial charge in [0.25, 0.3) is 0 Å². The Balaban J connectivity index is 1.67. The summed E-state index contributed by atoms with van der Waals surface area (Å²) in [5, 5.41) is 13.2. The molecule has 3 heterocycles. The van der Waals surface area contributed by atoms with Crippen LogP contribution in [0.15, 0.2) is 54.9 Å². The van der Waals surface area contributed by atoms with Gasteiger partial charge in [-0.15, -0.1) is 11.3 Å². The summed E-state index contributed by atoms with van der Waals surface area (Å²) >= 11 is 1.43. The van der Waals surface area contributed by atoms with E-state index in [1.54, 1.807) is 24.4 Å². The molecule has 0 bridgehead atoms. The zero-order valence-corrected chi connectivity index (χ0v) is 14.0. The van der Waals surface area contributed by atoms with Gasteiger partial charge in [0.15, 0.2) is 5.65 Å². The lowest BCUT2D eigenvalue weighted by Crippen LogP contribution is -1.98. The number of aromatic nitrogens is 3. The van der Waals surface area contributed by atoms with E-state index in [9.17, 15) is 14.3 Å². The molecule has 0 aliphatic rings. The van der Waals surface area contributed by atoms with Gasteiger partial charge in [-0.25, -0.2) is 18.7 Å². The zero-order valence-electron chi connectivity index (χ0n) is 13.2. The van der Waals surface area contributed by atoms with Gasteiger partial charge < -0.3 is 5.11 Å². The normalized spacial score (nSPS) is 10.5.